The highest BCUT2D eigenvalue weighted by atomic mass is 32.1. The molecule has 0 saturated carbocycles. The van der Waals surface area contributed by atoms with Crippen molar-refractivity contribution in [2.24, 2.45) is 7.05 Å². The molecular weight excluding hydrogens is 238 g/mol. The van der Waals surface area contributed by atoms with Crippen LogP contribution >= 0.6 is 23.6 Å². The Labute approximate surface area is 103 Å². The van der Waals surface area contributed by atoms with E-state index in [0.717, 1.165) is 5.82 Å². The lowest BCUT2D eigenvalue weighted by Gasteiger charge is -2.21. The first kappa shape index (κ1) is 10.2. The van der Waals surface area contributed by atoms with Crippen molar-refractivity contribution in [3.63, 3.8) is 0 Å². The van der Waals surface area contributed by atoms with Crippen molar-refractivity contribution in [1.29, 1.82) is 0 Å². The maximum absolute atomic E-state index is 5.17. The summed E-state index contributed by atoms with van der Waals surface area (Å²) >= 11 is 7.03. The molecule has 2 aromatic heterocycles. The zero-order valence-corrected chi connectivity index (χ0v) is 10.7. The minimum Gasteiger partial charge on any atom is -0.307 e. The molecule has 3 rings (SSSR count). The molecule has 0 aromatic carbocycles. The van der Waals surface area contributed by atoms with E-state index in [1.807, 2.05) is 23.0 Å². The highest BCUT2D eigenvalue weighted by Gasteiger charge is 2.26. The predicted octanol–water partition coefficient (Wildman–Crippen LogP) is 3.01. The van der Waals surface area contributed by atoms with Crippen LogP contribution in [0.5, 0.6) is 0 Å². The van der Waals surface area contributed by atoms with Crippen LogP contribution in [-0.2, 0) is 13.5 Å². The number of fused-ring (bicyclic) bond motifs is 1. The van der Waals surface area contributed by atoms with Gasteiger partial charge in [-0.1, -0.05) is 0 Å². The van der Waals surface area contributed by atoms with Crippen LogP contribution < -0.4 is 0 Å². The third-order valence-corrected chi connectivity index (χ3v) is 4.64. The Morgan fingerprint density at radius 1 is 1.62 bits per heavy atom. The van der Waals surface area contributed by atoms with Crippen LogP contribution in [0.2, 0.25) is 0 Å². The summed E-state index contributed by atoms with van der Waals surface area (Å²) in [5, 5.41) is 9.43. The molecule has 1 N–H and O–H groups in total. The van der Waals surface area contributed by atoms with Crippen LogP contribution in [0.25, 0.3) is 0 Å². The van der Waals surface area contributed by atoms with Gasteiger partial charge < -0.3 is 4.57 Å². The number of hydrogen-bond acceptors (Lipinski definition) is 3. The third-order valence-electron chi connectivity index (χ3n) is 3.28. The van der Waals surface area contributed by atoms with Gasteiger partial charge in [-0.3, -0.25) is 5.10 Å². The van der Waals surface area contributed by atoms with E-state index in [0.29, 0.717) is 10.7 Å². The SMILES string of the molecule is Cn1c(C2CCCc3sccc32)n[nH]c1=S. The maximum atomic E-state index is 5.17. The minimum absolute atomic E-state index is 0.424. The molecular formula is C11H13N3S2. The molecule has 16 heavy (non-hydrogen) atoms. The molecule has 0 amide bonds. The standard InChI is InChI=1S/C11H13N3S2/c1-14-10(12-13-11(14)15)8-3-2-4-9-7(8)5-6-16-9/h5-6,8H,2-4H2,1H3,(H,13,15). The number of H-pyrrole nitrogens is 1. The fourth-order valence-electron chi connectivity index (χ4n) is 2.43. The highest BCUT2D eigenvalue weighted by Crippen LogP contribution is 2.38. The van der Waals surface area contributed by atoms with Gasteiger partial charge in [0.25, 0.3) is 0 Å². The second kappa shape index (κ2) is 3.82. The van der Waals surface area contributed by atoms with E-state index >= 15 is 0 Å². The number of nitrogens with one attached hydrogen (secondary N) is 1. The summed E-state index contributed by atoms with van der Waals surface area (Å²) in [6.07, 6.45) is 3.65. The topological polar surface area (TPSA) is 33.6 Å². The van der Waals surface area contributed by atoms with Gasteiger partial charge in [-0.25, -0.2) is 0 Å². The molecule has 1 aliphatic carbocycles. The van der Waals surface area contributed by atoms with E-state index in [9.17, 15) is 0 Å². The van der Waals surface area contributed by atoms with Gasteiger partial charge in [0, 0.05) is 17.8 Å². The number of hydrogen-bond donors (Lipinski definition) is 1. The van der Waals surface area contributed by atoms with E-state index < -0.39 is 0 Å². The first-order valence-corrected chi connectivity index (χ1v) is 6.73. The molecule has 84 valence electrons. The number of aromatic amines is 1. The molecule has 2 aromatic rings. The molecule has 0 bridgehead atoms. The molecule has 0 saturated heterocycles. The number of aromatic nitrogens is 3. The summed E-state index contributed by atoms with van der Waals surface area (Å²) in [6.45, 7) is 0. The summed E-state index contributed by atoms with van der Waals surface area (Å²) < 4.78 is 2.70. The Hall–Kier alpha value is -0.940. The van der Waals surface area contributed by atoms with E-state index in [1.54, 1.807) is 0 Å². The Balaban J connectivity index is 2.10. The van der Waals surface area contributed by atoms with Gasteiger partial charge in [0.2, 0.25) is 0 Å². The van der Waals surface area contributed by atoms with Crippen molar-refractivity contribution in [2.45, 2.75) is 25.2 Å². The van der Waals surface area contributed by atoms with Crippen molar-refractivity contribution in [3.8, 4) is 0 Å². The third kappa shape index (κ3) is 1.46. The smallest absolute Gasteiger partial charge is 0.194 e. The van der Waals surface area contributed by atoms with Gasteiger partial charge in [0.15, 0.2) is 4.77 Å². The van der Waals surface area contributed by atoms with Crippen LogP contribution in [0.3, 0.4) is 0 Å². The summed E-state index contributed by atoms with van der Waals surface area (Å²) in [6, 6.07) is 2.24. The molecule has 0 fully saturated rings. The summed E-state index contributed by atoms with van der Waals surface area (Å²) in [4.78, 5) is 1.52. The van der Waals surface area contributed by atoms with Crippen LogP contribution in [0.1, 0.15) is 35.0 Å². The highest BCUT2D eigenvalue weighted by molar-refractivity contribution is 7.71. The fraction of sp³-hybridized carbons (Fsp3) is 0.455. The molecule has 3 nitrogen and oxygen atoms in total. The lowest BCUT2D eigenvalue weighted by atomic mass is 9.87. The molecule has 1 unspecified atom stereocenters. The van der Waals surface area contributed by atoms with Crippen LogP contribution in [0.4, 0.5) is 0 Å². The molecule has 1 atom stereocenters. The van der Waals surface area contributed by atoms with E-state index in [2.05, 4.69) is 21.6 Å². The van der Waals surface area contributed by atoms with E-state index in [-0.39, 0.29) is 0 Å². The molecule has 0 radical (unpaired) electrons. The van der Waals surface area contributed by atoms with E-state index in [4.69, 9.17) is 12.2 Å². The van der Waals surface area contributed by atoms with Gasteiger partial charge in [0.05, 0.1) is 0 Å². The quantitative estimate of drug-likeness (QED) is 0.790. The van der Waals surface area contributed by atoms with Crippen molar-refractivity contribution < 1.29 is 0 Å². The van der Waals surface area contributed by atoms with Crippen molar-refractivity contribution in [3.05, 3.63) is 32.5 Å². The Bertz CT molecular complexity index is 564. The van der Waals surface area contributed by atoms with Crippen LogP contribution in [0, 0.1) is 4.77 Å². The molecule has 5 heteroatoms. The Kier molecular flexibility index (Phi) is 2.44. The Morgan fingerprint density at radius 2 is 2.50 bits per heavy atom. The normalized spacial score (nSPS) is 19.7. The average molecular weight is 251 g/mol. The van der Waals surface area contributed by atoms with Gasteiger partial charge in [0.1, 0.15) is 5.82 Å². The number of aryl methyl sites for hydroxylation is 1. The summed E-state index contributed by atoms with van der Waals surface area (Å²) in [5.41, 5.74) is 1.45. The molecule has 1 aliphatic rings. The zero-order chi connectivity index (χ0) is 11.1. The van der Waals surface area contributed by atoms with Crippen molar-refractivity contribution in [1.82, 2.24) is 14.8 Å². The summed E-state index contributed by atoms with van der Waals surface area (Å²) in [5.74, 6) is 1.50. The Morgan fingerprint density at radius 3 is 3.25 bits per heavy atom. The van der Waals surface area contributed by atoms with Crippen molar-refractivity contribution in [2.75, 3.05) is 0 Å². The largest absolute Gasteiger partial charge is 0.307 e. The predicted molar refractivity (Wildman–Crippen MR) is 67.5 cm³/mol. The van der Waals surface area contributed by atoms with Crippen molar-refractivity contribution >= 4 is 23.6 Å². The monoisotopic (exact) mass is 251 g/mol. The van der Waals surface area contributed by atoms with Gasteiger partial charge in [-0.2, -0.15) is 5.10 Å². The van der Waals surface area contributed by atoms with Gasteiger partial charge >= 0.3 is 0 Å². The molecule has 0 aliphatic heterocycles. The number of thiophene rings is 1. The van der Waals surface area contributed by atoms with Crippen LogP contribution in [0.15, 0.2) is 11.4 Å². The van der Waals surface area contributed by atoms with E-state index in [1.165, 1.54) is 29.7 Å². The average Bonchev–Trinajstić information content (AvgIpc) is 2.87. The second-order valence-corrected chi connectivity index (χ2v) is 5.58. The lowest BCUT2D eigenvalue weighted by Crippen LogP contribution is -2.13. The second-order valence-electron chi connectivity index (χ2n) is 4.19. The van der Waals surface area contributed by atoms with Crippen LogP contribution in [-0.4, -0.2) is 14.8 Å². The molecule has 2 heterocycles. The lowest BCUT2D eigenvalue weighted by molar-refractivity contribution is 0.578. The first-order chi connectivity index (χ1) is 7.77. The first-order valence-electron chi connectivity index (χ1n) is 5.45. The molecule has 0 spiro atoms. The number of nitrogens with zero attached hydrogens (tertiary/aromatic N) is 2. The zero-order valence-electron chi connectivity index (χ0n) is 9.06. The van der Waals surface area contributed by atoms with Gasteiger partial charge in [-0.15, -0.1) is 11.3 Å². The maximum Gasteiger partial charge on any atom is 0.194 e. The minimum atomic E-state index is 0.424. The fourth-order valence-corrected chi connectivity index (χ4v) is 3.55. The van der Waals surface area contributed by atoms with Gasteiger partial charge in [-0.05, 0) is 48.5 Å². The number of rotatable bonds is 1. The summed E-state index contributed by atoms with van der Waals surface area (Å²) in [7, 11) is 1.99.